The Morgan fingerprint density at radius 3 is 2.57 bits per heavy atom. The summed E-state index contributed by atoms with van der Waals surface area (Å²) in [4.78, 5) is 4.33. The summed E-state index contributed by atoms with van der Waals surface area (Å²) in [5.74, 6) is 0.913. The summed E-state index contributed by atoms with van der Waals surface area (Å²) in [5.41, 5.74) is 1.77. The van der Waals surface area contributed by atoms with Gasteiger partial charge in [0.15, 0.2) is 5.96 Å². The summed E-state index contributed by atoms with van der Waals surface area (Å²) >= 11 is 0. The first kappa shape index (κ1) is 18.3. The Labute approximate surface area is 145 Å². The minimum absolute atomic E-state index is 0. The van der Waals surface area contributed by atoms with E-state index in [9.17, 15) is 0 Å². The fraction of sp³-hybridized carbons (Fsp3) is 0.688. The second kappa shape index (κ2) is 8.06. The van der Waals surface area contributed by atoms with Crippen molar-refractivity contribution in [3.63, 3.8) is 0 Å². The number of hydrogen-bond donors (Lipinski definition) is 2. The van der Waals surface area contributed by atoms with Gasteiger partial charge in [-0.2, -0.15) is 0 Å². The Bertz CT molecular complexity index is 455. The van der Waals surface area contributed by atoms with Crippen LogP contribution in [-0.2, 0) is 13.6 Å². The van der Waals surface area contributed by atoms with Crippen LogP contribution in [-0.4, -0.2) is 23.6 Å². The number of nitrogens with one attached hydrogen (secondary N) is 2. The Hall–Kier alpha value is -0.720. The van der Waals surface area contributed by atoms with E-state index in [1.165, 1.54) is 31.4 Å². The summed E-state index contributed by atoms with van der Waals surface area (Å²) in [6.45, 7) is 5.54. The molecule has 1 heterocycles. The maximum atomic E-state index is 4.33. The van der Waals surface area contributed by atoms with Gasteiger partial charge in [-0.1, -0.05) is 13.8 Å². The number of halogens is 1. The van der Waals surface area contributed by atoms with Gasteiger partial charge in [-0.05, 0) is 43.2 Å². The van der Waals surface area contributed by atoms with Crippen LogP contribution in [0.2, 0.25) is 0 Å². The third kappa shape index (κ3) is 5.52. The van der Waals surface area contributed by atoms with Crippen LogP contribution in [0.3, 0.4) is 0 Å². The molecule has 1 fully saturated rings. The largest absolute Gasteiger partial charge is 0.354 e. The van der Waals surface area contributed by atoms with Crippen molar-refractivity contribution in [3.8, 4) is 0 Å². The van der Waals surface area contributed by atoms with Crippen LogP contribution in [0.1, 0.15) is 45.2 Å². The van der Waals surface area contributed by atoms with Gasteiger partial charge in [0, 0.05) is 32.0 Å². The van der Waals surface area contributed by atoms with Crippen molar-refractivity contribution >= 4 is 29.9 Å². The lowest BCUT2D eigenvalue weighted by Gasteiger charge is -2.35. The fourth-order valence-electron chi connectivity index (χ4n) is 2.79. The van der Waals surface area contributed by atoms with E-state index in [1.54, 1.807) is 0 Å². The molecule has 4 nitrogen and oxygen atoms in total. The van der Waals surface area contributed by atoms with Gasteiger partial charge in [0.2, 0.25) is 0 Å². The van der Waals surface area contributed by atoms with Crippen molar-refractivity contribution in [2.24, 2.45) is 17.5 Å². The lowest BCUT2D eigenvalue weighted by atomic mass is 9.75. The second-order valence-electron chi connectivity index (χ2n) is 6.62. The second-order valence-corrected chi connectivity index (χ2v) is 6.62. The number of aryl methyl sites for hydroxylation is 1. The monoisotopic (exact) mass is 404 g/mol. The molecule has 1 saturated carbocycles. The number of hydrogen-bond acceptors (Lipinski definition) is 1. The molecule has 5 heteroatoms. The molecule has 0 radical (unpaired) electrons. The summed E-state index contributed by atoms with van der Waals surface area (Å²) < 4.78 is 2.13. The fourth-order valence-corrected chi connectivity index (χ4v) is 2.79. The van der Waals surface area contributed by atoms with E-state index in [0.717, 1.165) is 12.5 Å². The molecule has 0 saturated heterocycles. The molecule has 0 spiro atoms. The summed E-state index contributed by atoms with van der Waals surface area (Å²) in [7, 11) is 3.91. The number of aromatic nitrogens is 1. The summed E-state index contributed by atoms with van der Waals surface area (Å²) in [6.07, 6.45) is 7.12. The van der Waals surface area contributed by atoms with Crippen molar-refractivity contribution in [2.75, 3.05) is 7.05 Å². The standard InChI is InChI=1S/C16H28N4.HI/c1-16(2)9-7-13(8-10-16)19-15(17-3)18-12-14-6-5-11-20(14)4;/h5-6,11,13H,7-10,12H2,1-4H3,(H2,17,18,19);1H. The van der Waals surface area contributed by atoms with Gasteiger partial charge in [-0.15, -0.1) is 24.0 Å². The molecular weight excluding hydrogens is 375 g/mol. The maximum absolute atomic E-state index is 4.33. The normalized spacial score (nSPS) is 19.0. The lowest BCUT2D eigenvalue weighted by molar-refractivity contribution is 0.216. The molecule has 0 aromatic carbocycles. The van der Waals surface area contributed by atoms with Crippen LogP contribution in [0.15, 0.2) is 23.3 Å². The smallest absolute Gasteiger partial charge is 0.191 e. The lowest BCUT2D eigenvalue weighted by Crippen LogP contribution is -2.45. The van der Waals surface area contributed by atoms with Crippen LogP contribution < -0.4 is 10.6 Å². The summed E-state index contributed by atoms with van der Waals surface area (Å²) in [5, 5.41) is 6.95. The molecule has 21 heavy (non-hydrogen) atoms. The van der Waals surface area contributed by atoms with Crippen LogP contribution in [0.25, 0.3) is 0 Å². The minimum Gasteiger partial charge on any atom is -0.354 e. The highest BCUT2D eigenvalue weighted by atomic mass is 127. The highest BCUT2D eigenvalue weighted by Gasteiger charge is 2.27. The van der Waals surface area contributed by atoms with Gasteiger partial charge in [0.05, 0.1) is 6.54 Å². The van der Waals surface area contributed by atoms with E-state index in [4.69, 9.17) is 0 Å². The number of guanidine groups is 1. The van der Waals surface area contributed by atoms with Gasteiger partial charge < -0.3 is 15.2 Å². The molecule has 1 aliphatic rings. The number of aliphatic imine (C=N–C) groups is 1. The Kier molecular flexibility index (Phi) is 7.03. The van der Waals surface area contributed by atoms with Crippen molar-refractivity contribution < 1.29 is 0 Å². The molecule has 0 atom stereocenters. The highest BCUT2D eigenvalue weighted by Crippen LogP contribution is 2.34. The van der Waals surface area contributed by atoms with E-state index in [-0.39, 0.29) is 24.0 Å². The van der Waals surface area contributed by atoms with Gasteiger partial charge in [0.25, 0.3) is 0 Å². The Morgan fingerprint density at radius 2 is 2.05 bits per heavy atom. The van der Waals surface area contributed by atoms with E-state index in [0.29, 0.717) is 11.5 Å². The van der Waals surface area contributed by atoms with Crippen LogP contribution >= 0.6 is 24.0 Å². The molecule has 120 valence electrons. The van der Waals surface area contributed by atoms with E-state index < -0.39 is 0 Å². The zero-order chi connectivity index (χ0) is 14.6. The van der Waals surface area contributed by atoms with E-state index in [1.807, 2.05) is 7.05 Å². The third-order valence-corrected chi connectivity index (χ3v) is 4.39. The predicted molar refractivity (Wildman–Crippen MR) is 100 cm³/mol. The first-order chi connectivity index (χ1) is 9.50. The quantitative estimate of drug-likeness (QED) is 0.461. The van der Waals surface area contributed by atoms with Gasteiger partial charge in [0.1, 0.15) is 0 Å². The predicted octanol–water partition coefficient (Wildman–Crippen LogP) is 3.28. The zero-order valence-corrected chi connectivity index (χ0v) is 16.0. The molecule has 2 rings (SSSR count). The van der Waals surface area contributed by atoms with Crippen LogP contribution in [0.4, 0.5) is 0 Å². The van der Waals surface area contributed by atoms with E-state index >= 15 is 0 Å². The van der Waals surface area contributed by atoms with Gasteiger partial charge >= 0.3 is 0 Å². The van der Waals surface area contributed by atoms with Crippen molar-refractivity contribution in [1.82, 2.24) is 15.2 Å². The third-order valence-electron chi connectivity index (χ3n) is 4.39. The molecule has 0 unspecified atom stereocenters. The molecule has 0 aliphatic heterocycles. The molecule has 0 bridgehead atoms. The Balaban J connectivity index is 0.00000220. The molecular formula is C16H29IN4. The first-order valence-electron chi connectivity index (χ1n) is 7.57. The minimum atomic E-state index is 0. The molecule has 1 aliphatic carbocycles. The van der Waals surface area contributed by atoms with Crippen molar-refractivity contribution in [3.05, 3.63) is 24.0 Å². The van der Waals surface area contributed by atoms with Crippen LogP contribution in [0.5, 0.6) is 0 Å². The molecule has 2 N–H and O–H groups in total. The van der Waals surface area contributed by atoms with Gasteiger partial charge in [-0.25, -0.2) is 0 Å². The number of nitrogens with zero attached hydrogens (tertiary/aromatic N) is 2. The van der Waals surface area contributed by atoms with Crippen molar-refractivity contribution in [2.45, 2.75) is 52.1 Å². The first-order valence-corrected chi connectivity index (χ1v) is 7.57. The van der Waals surface area contributed by atoms with Crippen LogP contribution in [0, 0.1) is 5.41 Å². The molecule has 1 aromatic rings. The SMILES string of the molecule is CN=C(NCc1cccn1C)NC1CCC(C)(C)CC1.I. The maximum Gasteiger partial charge on any atom is 0.191 e. The molecule has 1 aromatic heterocycles. The molecule has 0 amide bonds. The van der Waals surface area contributed by atoms with E-state index in [2.05, 4.69) is 59.4 Å². The Morgan fingerprint density at radius 1 is 1.38 bits per heavy atom. The average Bonchev–Trinajstić information content (AvgIpc) is 2.82. The number of rotatable bonds is 3. The van der Waals surface area contributed by atoms with Gasteiger partial charge in [-0.3, -0.25) is 4.99 Å². The zero-order valence-electron chi connectivity index (χ0n) is 13.6. The highest BCUT2D eigenvalue weighted by molar-refractivity contribution is 14.0. The van der Waals surface area contributed by atoms with Crippen molar-refractivity contribution in [1.29, 1.82) is 0 Å². The average molecular weight is 404 g/mol. The topological polar surface area (TPSA) is 41.4 Å². The summed E-state index contributed by atoms with van der Waals surface area (Å²) in [6, 6.07) is 4.75.